The number of anilines is 1. The summed E-state index contributed by atoms with van der Waals surface area (Å²) < 4.78 is 11.9. The molecule has 0 bridgehead atoms. The smallest absolute Gasteiger partial charge is 0.197 e. The number of H-pyrrole nitrogens is 1. The predicted molar refractivity (Wildman–Crippen MR) is 32.5 cm³/mol. The van der Waals surface area contributed by atoms with Gasteiger partial charge in [0.2, 0.25) is 0 Å². The van der Waals surface area contributed by atoms with Gasteiger partial charge in [-0.15, -0.1) is 0 Å². The largest absolute Gasteiger partial charge is 0.369 e. The van der Waals surface area contributed by atoms with Crippen molar-refractivity contribution >= 4 is 5.95 Å². The first kappa shape index (κ1) is 6.07. The molecule has 0 saturated heterocycles. The predicted octanol–water partition coefficient (Wildman–Crippen LogP) is 0.770. The molecule has 0 amide bonds. The number of nitrogens with two attached hydrogens (primary N) is 1. The molecule has 4 heteroatoms. The fourth-order valence-corrected chi connectivity index (χ4v) is 0.652. The summed E-state index contributed by atoms with van der Waals surface area (Å²) in [5, 5.41) is 0. The Balaban J connectivity index is 3.01. The molecular formula is C5H8FN3. The Bertz CT molecular complexity index is 206. The first-order chi connectivity index (χ1) is 4.24. The lowest BCUT2D eigenvalue weighted by molar-refractivity contribution is 0.476. The number of rotatable bonds is 1. The Morgan fingerprint density at radius 1 is 1.78 bits per heavy atom. The lowest BCUT2D eigenvalue weighted by atomic mass is 10.4. The summed E-state index contributed by atoms with van der Waals surface area (Å²) in [6.07, 6.45) is 0. The van der Waals surface area contributed by atoms with Crippen LogP contribution in [0.1, 0.15) is 11.4 Å². The number of nitrogens with one attached hydrogen (secondary N) is 1. The van der Waals surface area contributed by atoms with Gasteiger partial charge in [-0.25, -0.2) is 9.37 Å². The second kappa shape index (κ2) is 2.05. The third-order valence-electron chi connectivity index (χ3n) is 1.13. The van der Waals surface area contributed by atoms with Gasteiger partial charge < -0.3 is 10.7 Å². The van der Waals surface area contributed by atoms with Crippen LogP contribution in [0.4, 0.5) is 10.3 Å². The van der Waals surface area contributed by atoms with Crippen molar-refractivity contribution in [1.29, 1.82) is 0 Å². The van der Waals surface area contributed by atoms with Gasteiger partial charge in [-0.2, -0.15) is 0 Å². The fraction of sp³-hybridized carbons (Fsp3) is 0.400. The van der Waals surface area contributed by atoms with E-state index in [-0.39, 0.29) is 5.95 Å². The van der Waals surface area contributed by atoms with Gasteiger partial charge in [0.15, 0.2) is 5.95 Å². The summed E-state index contributed by atoms with van der Waals surface area (Å²) in [7, 11) is 0. The Kier molecular flexibility index (Phi) is 1.38. The van der Waals surface area contributed by atoms with Crippen molar-refractivity contribution in [2.75, 3.05) is 5.73 Å². The number of aromatic nitrogens is 2. The Morgan fingerprint density at radius 3 is 2.67 bits per heavy atom. The summed E-state index contributed by atoms with van der Waals surface area (Å²) in [5.41, 5.74) is 6.32. The van der Waals surface area contributed by atoms with Crippen molar-refractivity contribution in [2.45, 2.75) is 13.6 Å². The standard InChI is InChI=1S/C5H8FN3/c1-3-4(2-6)9-5(7)8-3/h2H2,1H3,(H3,7,8,9). The lowest BCUT2D eigenvalue weighted by Gasteiger charge is -1.83. The number of hydrogen-bond donors (Lipinski definition) is 2. The van der Waals surface area contributed by atoms with E-state index in [1.165, 1.54) is 0 Å². The van der Waals surface area contributed by atoms with E-state index >= 15 is 0 Å². The van der Waals surface area contributed by atoms with Crippen molar-refractivity contribution < 1.29 is 4.39 Å². The van der Waals surface area contributed by atoms with Crippen LogP contribution in [0.2, 0.25) is 0 Å². The van der Waals surface area contributed by atoms with Gasteiger partial charge in [0.05, 0.1) is 5.69 Å². The van der Waals surface area contributed by atoms with E-state index in [1.54, 1.807) is 6.92 Å². The highest BCUT2D eigenvalue weighted by molar-refractivity contribution is 5.24. The third kappa shape index (κ3) is 1.01. The van der Waals surface area contributed by atoms with Crippen LogP contribution in [-0.2, 0) is 6.67 Å². The summed E-state index contributed by atoms with van der Waals surface area (Å²) in [6.45, 7) is 1.18. The molecule has 3 nitrogen and oxygen atoms in total. The van der Waals surface area contributed by atoms with Crippen molar-refractivity contribution in [3.8, 4) is 0 Å². The fourth-order valence-electron chi connectivity index (χ4n) is 0.652. The zero-order valence-electron chi connectivity index (χ0n) is 5.11. The minimum atomic E-state index is -0.556. The van der Waals surface area contributed by atoms with Gasteiger partial charge in [0, 0.05) is 5.69 Å². The van der Waals surface area contributed by atoms with Gasteiger partial charge in [-0.3, -0.25) is 0 Å². The molecule has 0 aliphatic rings. The molecule has 1 aromatic rings. The first-order valence-electron chi connectivity index (χ1n) is 2.61. The van der Waals surface area contributed by atoms with Crippen LogP contribution in [0.3, 0.4) is 0 Å². The van der Waals surface area contributed by atoms with Crippen LogP contribution in [0.15, 0.2) is 0 Å². The molecule has 0 aliphatic heterocycles. The number of imidazole rings is 1. The van der Waals surface area contributed by atoms with Crippen molar-refractivity contribution in [1.82, 2.24) is 9.97 Å². The van der Waals surface area contributed by atoms with Crippen molar-refractivity contribution in [3.05, 3.63) is 11.4 Å². The number of nitrogens with zero attached hydrogens (tertiary/aromatic N) is 1. The van der Waals surface area contributed by atoms with Crippen LogP contribution in [0, 0.1) is 6.92 Å². The van der Waals surface area contributed by atoms with Crippen LogP contribution in [0.25, 0.3) is 0 Å². The molecule has 0 unspecified atom stereocenters. The first-order valence-corrected chi connectivity index (χ1v) is 2.61. The maximum absolute atomic E-state index is 11.9. The van der Waals surface area contributed by atoms with E-state index in [0.717, 1.165) is 0 Å². The highest BCUT2D eigenvalue weighted by atomic mass is 19.1. The molecule has 0 saturated carbocycles. The summed E-state index contributed by atoms with van der Waals surface area (Å²) in [4.78, 5) is 6.36. The average molecular weight is 129 g/mol. The van der Waals surface area contributed by atoms with E-state index in [4.69, 9.17) is 5.73 Å². The zero-order chi connectivity index (χ0) is 6.85. The van der Waals surface area contributed by atoms with Crippen LogP contribution >= 0.6 is 0 Å². The van der Waals surface area contributed by atoms with E-state index in [0.29, 0.717) is 11.4 Å². The molecule has 0 aromatic carbocycles. The van der Waals surface area contributed by atoms with Gasteiger partial charge in [0.1, 0.15) is 6.67 Å². The normalized spacial score (nSPS) is 10.0. The summed E-state index contributed by atoms with van der Waals surface area (Å²) >= 11 is 0. The Labute approximate surface area is 52.1 Å². The monoisotopic (exact) mass is 129 g/mol. The quantitative estimate of drug-likeness (QED) is 0.588. The van der Waals surface area contributed by atoms with Crippen molar-refractivity contribution in [3.63, 3.8) is 0 Å². The van der Waals surface area contributed by atoms with E-state index in [9.17, 15) is 4.39 Å². The molecule has 0 aliphatic carbocycles. The molecule has 50 valence electrons. The maximum atomic E-state index is 11.9. The van der Waals surface area contributed by atoms with Gasteiger partial charge in [-0.05, 0) is 6.92 Å². The molecule has 0 fully saturated rings. The number of aromatic amines is 1. The molecular weight excluding hydrogens is 121 g/mol. The van der Waals surface area contributed by atoms with Crippen LogP contribution in [0.5, 0.6) is 0 Å². The van der Waals surface area contributed by atoms with Gasteiger partial charge in [0.25, 0.3) is 0 Å². The molecule has 3 N–H and O–H groups in total. The zero-order valence-corrected chi connectivity index (χ0v) is 5.11. The lowest BCUT2D eigenvalue weighted by Crippen LogP contribution is -1.85. The molecule has 0 spiro atoms. The average Bonchev–Trinajstić information content (AvgIpc) is 2.10. The van der Waals surface area contributed by atoms with Crippen molar-refractivity contribution in [2.24, 2.45) is 0 Å². The SMILES string of the molecule is Cc1[nH]c(N)nc1CF. The second-order valence-corrected chi connectivity index (χ2v) is 1.83. The molecule has 1 rings (SSSR count). The number of hydrogen-bond acceptors (Lipinski definition) is 2. The molecule has 1 heterocycles. The van der Waals surface area contributed by atoms with Gasteiger partial charge >= 0.3 is 0 Å². The number of alkyl halides is 1. The minimum absolute atomic E-state index is 0.278. The van der Waals surface area contributed by atoms with Crippen LogP contribution in [-0.4, -0.2) is 9.97 Å². The maximum Gasteiger partial charge on any atom is 0.197 e. The number of nitrogen functional groups attached to an aromatic ring is 1. The summed E-state index contributed by atoms with van der Waals surface area (Å²) in [6, 6.07) is 0. The Hall–Kier alpha value is -1.06. The third-order valence-corrected chi connectivity index (χ3v) is 1.13. The molecule has 0 atom stereocenters. The Morgan fingerprint density at radius 2 is 2.44 bits per heavy atom. The molecule has 1 aromatic heterocycles. The van der Waals surface area contributed by atoms with Gasteiger partial charge in [-0.1, -0.05) is 0 Å². The van der Waals surface area contributed by atoms with E-state index in [1.807, 2.05) is 0 Å². The minimum Gasteiger partial charge on any atom is -0.369 e. The second-order valence-electron chi connectivity index (χ2n) is 1.83. The highest BCUT2D eigenvalue weighted by Crippen LogP contribution is 2.06. The topological polar surface area (TPSA) is 54.7 Å². The molecule has 9 heavy (non-hydrogen) atoms. The van der Waals surface area contributed by atoms with Crippen LogP contribution < -0.4 is 5.73 Å². The number of halogens is 1. The summed E-state index contributed by atoms with van der Waals surface area (Å²) in [5.74, 6) is 0.278. The van der Waals surface area contributed by atoms with E-state index in [2.05, 4.69) is 9.97 Å². The highest BCUT2D eigenvalue weighted by Gasteiger charge is 2.01. The van der Waals surface area contributed by atoms with E-state index < -0.39 is 6.67 Å². The number of aryl methyl sites for hydroxylation is 1. The molecule has 0 radical (unpaired) electrons.